The van der Waals surface area contributed by atoms with Gasteiger partial charge in [-0.3, -0.25) is 4.79 Å². The third-order valence-electron chi connectivity index (χ3n) is 3.54. The summed E-state index contributed by atoms with van der Waals surface area (Å²) in [5, 5.41) is 9.10. The van der Waals surface area contributed by atoms with Crippen LogP contribution >= 0.6 is 0 Å². The van der Waals surface area contributed by atoms with E-state index in [-0.39, 0.29) is 6.04 Å². The van der Waals surface area contributed by atoms with Crippen molar-refractivity contribution in [2.45, 2.75) is 31.3 Å². The Morgan fingerprint density at radius 2 is 2.06 bits per heavy atom. The van der Waals surface area contributed by atoms with Crippen molar-refractivity contribution in [3.05, 3.63) is 34.9 Å². The molecule has 17 heavy (non-hydrogen) atoms. The molecule has 0 bridgehead atoms. The van der Waals surface area contributed by atoms with Crippen LogP contribution in [0.1, 0.15) is 29.2 Å². The van der Waals surface area contributed by atoms with Crippen molar-refractivity contribution >= 4 is 5.97 Å². The average Bonchev–Trinajstić information content (AvgIpc) is 2.96. The minimum absolute atomic E-state index is 0.224. The Hall–Kier alpha value is -1.43. The van der Waals surface area contributed by atoms with Crippen molar-refractivity contribution in [1.82, 2.24) is 16.4 Å². The van der Waals surface area contributed by atoms with Crippen molar-refractivity contribution in [2.24, 2.45) is 0 Å². The third kappa shape index (κ3) is 1.82. The van der Waals surface area contributed by atoms with Crippen LogP contribution in [-0.4, -0.2) is 17.1 Å². The summed E-state index contributed by atoms with van der Waals surface area (Å²) in [5.74, 6) is -0.854. The lowest BCUT2D eigenvalue weighted by Crippen LogP contribution is -2.38. The molecule has 1 saturated heterocycles. The second-order valence-corrected chi connectivity index (χ2v) is 4.59. The van der Waals surface area contributed by atoms with E-state index in [4.69, 9.17) is 5.11 Å². The van der Waals surface area contributed by atoms with E-state index in [1.807, 2.05) is 6.07 Å². The smallest absolute Gasteiger partial charge is 0.324 e. The zero-order valence-electron chi connectivity index (χ0n) is 9.36. The fraction of sp³-hybridized carbons (Fsp3) is 0.417. The van der Waals surface area contributed by atoms with Gasteiger partial charge in [-0.05, 0) is 36.0 Å². The number of carboxylic acids is 1. The SMILES string of the molecule is O=C(O)C1NNNC1c1ccc2c(c1)CCC2. The number of aliphatic carboxylic acids is 1. The summed E-state index contributed by atoms with van der Waals surface area (Å²) in [6.07, 6.45) is 3.46. The number of nitrogens with one attached hydrogen (secondary N) is 3. The first-order valence-corrected chi connectivity index (χ1v) is 5.86. The van der Waals surface area contributed by atoms with Crippen LogP contribution in [0.5, 0.6) is 0 Å². The van der Waals surface area contributed by atoms with Gasteiger partial charge in [0.25, 0.3) is 0 Å². The van der Waals surface area contributed by atoms with Crippen molar-refractivity contribution in [3.8, 4) is 0 Å². The number of carboxylic acid groups (broad SMARTS) is 1. The first kappa shape index (κ1) is 10.7. The van der Waals surface area contributed by atoms with Gasteiger partial charge in [-0.15, -0.1) is 0 Å². The van der Waals surface area contributed by atoms with Gasteiger partial charge in [0, 0.05) is 0 Å². The number of hydrazine groups is 2. The summed E-state index contributed by atoms with van der Waals surface area (Å²) in [7, 11) is 0. The van der Waals surface area contributed by atoms with E-state index in [0.29, 0.717) is 0 Å². The van der Waals surface area contributed by atoms with Crippen molar-refractivity contribution in [1.29, 1.82) is 0 Å². The highest BCUT2D eigenvalue weighted by Crippen LogP contribution is 2.27. The van der Waals surface area contributed by atoms with Crippen LogP contribution in [0.3, 0.4) is 0 Å². The Bertz CT molecular complexity index is 461. The molecule has 1 fully saturated rings. The van der Waals surface area contributed by atoms with Crippen molar-refractivity contribution in [2.75, 3.05) is 0 Å². The van der Waals surface area contributed by atoms with E-state index < -0.39 is 12.0 Å². The van der Waals surface area contributed by atoms with E-state index in [2.05, 4.69) is 28.5 Å². The molecule has 1 aliphatic heterocycles. The first-order valence-electron chi connectivity index (χ1n) is 5.86. The molecule has 5 heteroatoms. The van der Waals surface area contributed by atoms with Crippen LogP contribution < -0.4 is 16.4 Å². The second kappa shape index (κ2) is 4.10. The van der Waals surface area contributed by atoms with Crippen LogP contribution in [-0.2, 0) is 17.6 Å². The average molecular weight is 233 g/mol. The summed E-state index contributed by atoms with van der Waals surface area (Å²) in [6, 6.07) is 5.42. The maximum Gasteiger partial charge on any atom is 0.324 e. The normalized spacial score (nSPS) is 27.1. The van der Waals surface area contributed by atoms with Gasteiger partial charge in [-0.2, -0.15) is 5.53 Å². The van der Waals surface area contributed by atoms with E-state index >= 15 is 0 Å². The lowest BCUT2D eigenvalue weighted by Gasteiger charge is -2.15. The van der Waals surface area contributed by atoms with Crippen LogP contribution in [0.25, 0.3) is 0 Å². The number of carbonyl (C=O) groups is 1. The van der Waals surface area contributed by atoms with Gasteiger partial charge in [0.05, 0.1) is 6.04 Å². The number of benzene rings is 1. The molecule has 0 amide bonds. The molecule has 1 aromatic rings. The number of fused-ring (bicyclic) bond motifs is 1. The molecule has 0 aromatic heterocycles. The molecular formula is C12H15N3O2. The molecule has 4 N–H and O–H groups in total. The quantitative estimate of drug-likeness (QED) is 0.590. The molecular weight excluding hydrogens is 218 g/mol. The van der Waals surface area contributed by atoms with Crippen molar-refractivity contribution < 1.29 is 9.90 Å². The Labute approximate surface area is 99.2 Å². The van der Waals surface area contributed by atoms with E-state index in [1.54, 1.807) is 0 Å². The van der Waals surface area contributed by atoms with Crippen LogP contribution in [0, 0.1) is 0 Å². The van der Waals surface area contributed by atoms with Gasteiger partial charge in [0.2, 0.25) is 0 Å². The largest absolute Gasteiger partial charge is 0.480 e. The molecule has 0 radical (unpaired) electrons. The molecule has 2 atom stereocenters. The summed E-state index contributed by atoms with van der Waals surface area (Å²) in [4.78, 5) is 11.1. The fourth-order valence-corrected chi connectivity index (χ4v) is 2.63. The summed E-state index contributed by atoms with van der Waals surface area (Å²) in [5.41, 5.74) is 12.1. The van der Waals surface area contributed by atoms with Crippen LogP contribution in [0.2, 0.25) is 0 Å². The highest BCUT2D eigenvalue weighted by atomic mass is 16.4. The monoisotopic (exact) mass is 233 g/mol. The zero-order valence-corrected chi connectivity index (χ0v) is 9.36. The lowest BCUT2D eigenvalue weighted by atomic mass is 9.97. The molecule has 0 spiro atoms. The third-order valence-corrected chi connectivity index (χ3v) is 3.54. The minimum Gasteiger partial charge on any atom is -0.480 e. The Kier molecular flexibility index (Phi) is 2.58. The summed E-state index contributed by atoms with van der Waals surface area (Å²) in [6.45, 7) is 0. The molecule has 2 aliphatic rings. The lowest BCUT2D eigenvalue weighted by molar-refractivity contribution is -0.139. The molecule has 90 valence electrons. The second-order valence-electron chi connectivity index (χ2n) is 4.59. The minimum atomic E-state index is -0.854. The zero-order chi connectivity index (χ0) is 11.8. The molecule has 5 nitrogen and oxygen atoms in total. The van der Waals surface area contributed by atoms with E-state index in [1.165, 1.54) is 17.5 Å². The number of hydrogen-bond acceptors (Lipinski definition) is 4. The molecule has 0 saturated carbocycles. The number of hydrogen-bond donors (Lipinski definition) is 4. The molecule has 2 unspecified atom stereocenters. The highest BCUT2D eigenvalue weighted by Gasteiger charge is 2.34. The highest BCUT2D eigenvalue weighted by molar-refractivity contribution is 5.75. The molecule has 1 heterocycles. The Morgan fingerprint density at radius 1 is 1.24 bits per heavy atom. The number of aryl methyl sites for hydroxylation is 2. The summed E-state index contributed by atoms with van der Waals surface area (Å²) < 4.78 is 0. The number of rotatable bonds is 2. The van der Waals surface area contributed by atoms with Crippen molar-refractivity contribution in [3.63, 3.8) is 0 Å². The maximum absolute atomic E-state index is 11.1. The predicted molar refractivity (Wildman–Crippen MR) is 62.0 cm³/mol. The predicted octanol–water partition coefficient (Wildman–Crippen LogP) is 0.282. The Balaban J connectivity index is 1.91. The van der Waals surface area contributed by atoms with Crippen LogP contribution in [0.4, 0.5) is 0 Å². The topological polar surface area (TPSA) is 73.4 Å². The molecule has 1 aromatic carbocycles. The molecule has 1 aliphatic carbocycles. The van der Waals surface area contributed by atoms with Gasteiger partial charge in [-0.1, -0.05) is 18.2 Å². The van der Waals surface area contributed by atoms with E-state index in [9.17, 15) is 4.79 Å². The van der Waals surface area contributed by atoms with Gasteiger partial charge in [0.1, 0.15) is 6.04 Å². The first-order chi connectivity index (χ1) is 8.25. The van der Waals surface area contributed by atoms with Crippen LogP contribution in [0.15, 0.2) is 18.2 Å². The van der Waals surface area contributed by atoms with Gasteiger partial charge in [-0.25, -0.2) is 10.9 Å². The van der Waals surface area contributed by atoms with Gasteiger partial charge in [0.15, 0.2) is 0 Å². The van der Waals surface area contributed by atoms with Gasteiger partial charge < -0.3 is 5.11 Å². The molecule has 3 rings (SSSR count). The summed E-state index contributed by atoms with van der Waals surface area (Å²) >= 11 is 0. The van der Waals surface area contributed by atoms with Gasteiger partial charge >= 0.3 is 5.97 Å². The maximum atomic E-state index is 11.1. The Morgan fingerprint density at radius 3 is 2.88 bits per heavy atom. The fourth-order valence-electron chi connectivity index (χ4n) is 2.63. The standard InChI is InChI=1S/C12H15N3O2/c16-12(17)11-10(13-15-14-11)9-5-4-7-2-1-3-8(7)6-9/h4-6,10-11,13-15H,1-3H2,(H,16,17). The van der Waals surface area contributed by atoms with E-state index in [0.717, 1.165) is 18.4 Å².